The first-order valence-corrected chi connectivity index (χ1v) is 0. The van der Waals surface area contributed by atoms with Crippen molar-refractivity contribution in [2.24, 2.45) is 0 Å². The van der Waals surface area contributed by atoms with E-state index >= 15 is 0 Å². The van der Waals surface area contributed by atoms with Crippen molar-refractivity contribution in [3.63, 3.8) is 0 Å². The van der Waals surface area contributed by atoms with E-state index < -0.39 is 0 Å². The fraction of sp³-hybridized carbons (Fsp3) is 0. The molecule has 0 atom stereocenters. The van der Waals surface area contributed by atoms with Crippen LogP contribution in [0.2, 0.25) is 0 Å². The molecule has 0 amide bonds. The van der Waals surface area contributed by atoms with Crippen molar-refractivity contribution >= 4 is 23.1 Å². The van der Waals surface area contributed by atoms with Crippen LogP contribution in [0.3, 0.4) is 0 Å². The Bertz CT molecular complexity index is 12.4. The molecule has 1 radical (unpaired) electrons. The fourth-order valence-electron chi connectivity index (χ4n) is 0. The molecule has 0 N–H and O–H groups in total. The number of hydrogen-bond acceptors (Lipinski definition) is 0. The zero-order chi connectivity index (χ0) is 0. The minimum atomic E-state index is 0. The molecule has 0 aliphatic rings. The van der Waals surface area contributed by atoms with Crippen LogP contribution in [0.1, 0.15) is 0 Å². The summed E-state index contributed by atoms with van der Waals surface area (Å²) < 4.78 is 0. The number of hydrogen-bond donors (Lipinski definition) is 0. The molecule has 0 aliphatic carbocycles. The van der Waals surface area contributed by atoms with Crippen LogP contribution in [-0.4, -0.2) is 23.1 Å². The van der Waals surface area contributed by atoms with Crippen molar-refractivity contribution in [2.75, 3.05) is 0 Å². The summed E-state index contributed by atoms with van der Waals surface area (Å²) in [5.74, 6) is 0. The second-order valence-corrected chi connectivity index (χ2v) is 0. The van der Waals surface area contributed by atoms with E-state index in [0.29, 0.717) is 0 Å². The maximum Gasteiger partial charge on any atom is 6.00 e. The quantitative estimate of drug-likeness (QED) is 0.497. The zero-order valence-electron chi connectivity index (χ0n) is 3.49. The maximum absolute atomic E-state index is 0. The summed E-state index contributed by atoms with van der Waals surface area (Å²) in [5, 5.41) is 0. The molecule has 8 heteroatoms. The van der Waals surface area contributed by atoms with Gasteiger partial charge in [-0.25, -0.2) is 0 Å². The van der Waals surface area contributed by atoms with Gasteiger partial charge in [-0.15, -0.1) is 0 Å². The van der Waals surface area contributed by atoms with Crippen molar-refractivity contribution in [1.29, 1.82) is 0 Å². The van der Waals surface area contributed by atoms with Gasteiger partial charge in [-0.3, -0.25) is 0 Å². The standard InChI is InChI=1S/Co.Mg.5O.W/q2*+2;5*-2;+6. The normalized spacial score (nSPS) is 0. The van der Waals surface area contributed by atoms with Crippen molar-refractivity contribution in [2.45, 2.75) is 0 Å². The summed E-state index contributed by atoms with van der Waals surface area (Å²) in [5.41, 5.74) is 0. The smallest absolute Gasteiger partial charge is 2.00 e. The van der Waals surface area contributed by atoms with Gasteiger partial charge < -0.3 is 27.4 Å². The number of rotatable bonds is 0. The molecule has 0 heterocycles. The van der Waals surface area contributed by atoms with E-state index in [1.807, 2.05) is 0 Å². The fourth-order valence-corrected chi connectivity index (χ4v) is 0. The van der Waals surface area contributed by atoms with Crippen molar-refractivity contribution in [3.05, 3.63) is 0 Å². The Balaban J connectivity index is 0. The topological polar surface area (TPSA) is 142 Å². The first-order chi connectivity index (χ1) is 0. The van der Waals surface area contributed by atoms with Gasteiger partial charge in [0.05, 0.1) is 0 Å². The second-order valence-electron chi connectivity index (χ2n) is 0. The van der Waals surface area contributed by atoms with E-state index in [9.17, 15) is 0 Å². The Kier molecular flexibility index (Phi) is 5140. The Morgan fingerprint density at radius 2 is 0.500 bits per heavy atom. The third-order valence-electron chi connectivity index (χ3n) is 0. The van der Waals surface area contributed by atoms with E-state index in [4.69, 9.17) is 0 Å². The molecule has 0 unspecified atom stereocenters. The molecule has 0 aromatic carbocycles. The van der Waals surface area contributed by atoms with Crippen LogP contribution in [0.5, 0.6) is 0 Å². The zero-order valence-corrected chi connectivity index (χ0v) is 8.88. The molecule has 0 bridgehead atoms. The van der Waals surface area contributed by atoms with Crippen LogP contribution in [0.25, 0.3) is 0 Å². The summed E-state index contributed by atoms with van der Waals surface area (Å²) in [6, 6.07) is 0. The van der Waals surface area contributed by atoms with Crippen LogP contribution < -0.4 is 0 Å². The van der Waals surface area contributed by atoms with Crippen LogP contribution >= 0.6 is 0 Å². The summed E-state index contributed by atoms with van der Waals surface area (Å²) in [7, 11) is 0. The summed E-state index contributed by atoms with van der Waals surface area (Å²) >= 11 is 0. The van der Waals surface area contributed by atoms with Crippen LogP contribution in [0, 0.1) is 0 Å². The van der Waals surface area contributed by atoms with E-state index in [-0.39, 0.29) is 88.3 Å². The summed E-state index contributed by atoms with van der Waals surface area (Å²) in [6.45, 7) is 0. The van der Waals surface area contributed by atoms with Crippen LogP contribution in [0.15, 0.2) is 0 Å². The first-order valence-electron chi connectivity index (χ1n) is 0. The predicted octanol–water partition coefficient (Wildman–Crippen LogP) is -0.980. The van der Waals surface area contributed by atoms with Crippen LogP contribution in [-0.2, 0) is 65.2 Å². The van der Waals surface area contributed by atoms with Crippen molar-refractivity contribution in [3.8, 4) is 0 Å². The Morgan fingerprint density at radius 3 is 0.500 bits per heavy atom. The molecule has 0 rings (SSSR count). The molecule has 0 aromatic heterocycles. The molecule has 0 spiro atoms. The molecule has 0 aromatic rings. The van der Waals surface area contributed by atoms with Gasteiger partial charge in [0.2, 0.25) is 0 Å². The Labute approximate surface area is 87.8 Å². The SMILES string of the molecule is [Co+2].[Mg+2].[O-2].[O-2].[O-2].[O-2].[O-2].[W+6]. The van der Waals surface area contributed by atoms with Gasteiger partial charge in [-0.1, -0.05) is 0 Å². The Morgan fingerprint density at radius 1 is 0.500 bits per heavy atom. The van der Waals surface area contributed by atoms with Gasteiger partial charge in [0.15, 0.2) is 0 Å². The monoisotopic (exact) mass is 347 g/mol. The van der Waals surface area contributed by atoms with Gasteiger partial charge in [0.25, 0.3) is 0 Å². The third kappa shape index (κ3) is 114. The average Bonchev–Trinajstić information content (AvgIpc) is 0. The predicted molar refractivity (Wildman–Crippen MR) is 9.19 cm³/mol. The molecule has 0 aliphatic heterocycles. The Hall–Kier alpha value is 1.76. The van der Waals surface area contributed by atoms with E-state index in [2.05, 4.69) is 0 Å². The van der Waals surface area contributed by atoms with Gasteiger partial charge in [-0.2, -0.15) is 0 Å². The molecule has 0 saturated heterocycles. The molecule has 0 fully saturated rings. The van der Waals surface area contributed by atoms with E-state index in [0.717, 1.165) is 0 Å². The van der Waals surface area contributed by atoms with Crippen LogP contribution in [0.4, 0.5) is 0 Å². The van der Waals surface area contributed by atoms with Gasteiger partial charge in [0.1, 0.15) is 0 Å². The van der Waals surface area contributed by atoms with Gasteiger partial charge in [0, 0.05) is 0 Å². The van der Waals surface area contributed by atoms with Gasteiger partial charge in [-0.05, 0) is 0 Å². The summed E-state index contributed by atoms with van der Waals surface area (Å²) in [6.07, 6.45) is 0. The molecular formula is CoMgO5W. The first kappa shape index (κ1) is 242. The molecule has 47 valence electrons. The minimum absolute atomic E-state index is 0. The second kappa shape index (κ2) is 170. The molecule has 8 heavy (non-hydrogen) atoms. The average molecular weight is 347 g/mol. The minimum Gasteiger partial charge on any atom is -2.00 e. The molecule has 5 nitrogen and oxygen atoms in total. The maximum atomic E-state index is 0. The third-order valence-corrected chi connectivity index (χ3v) is 0. The molecule has 0 saturated carbocycles. The summed E-state index contributed by atoms with van der Waals surface area (Å²) in [4.78, 5) is 0. The van der Waals surface area contributed by atoms with E-state index in [1.54, 1.807) is 0 Å². The molecular weight excluding hydrogens is 347 g/mol. The largest absolute Gasteiger partial charge is 6.00 e. The van der Waals surface area contributed by atoms with Crippen molar-refractivity contribution in [1.82, 2.24) is 0 Å². The van der Waals surface area contributed by atoms with Crippen molar-refractivity contribution < 1.29 is 65.2 Å². The van der Waals surface area contributed by atoms with Gasteiger partial charge >= 0.3 is 60.9 Å². The van der Waals surface area contributed by atoms with E-state index in [1.165, 1.54) is 0 Å².